The third kappa shape index (κ3) is 13.3. The van der Waals surface area contributed by atoms with E-state index in [9.17, 15) is 38.4 Å². The summed E-state index contributed by atoms with van der Waals surface area (Å²) in [5.74, 6) is -3.79. The van der Waals surface area contributed by atoms with Crippen LogP contribution in [0.25, 0.3) is 0 Å². The number of rotatable bonds is 18. The topological polar surface area (TPSA) is 247 Å². The van der Waals surface area contributed by atoms with Crippen molar-refractivity contribution in [3.05, 3.63) is 145 Å². The Morgan fingerprint density at radius 3 is 1.03 bits per heavy atom. The van der Waals surface area contributed by atoms with Gasteiger partial charge in [-0.15, -0.1) is 0 Å². The largest absolute Gasteiger partial charge is 0.513 e. The summed E-state index contributed by atoms with van der Waals surface area (Å²) in [6.45, 7) is 5.61. The Bertz CT molecular complexity index is 2250. The molecule has 20 nitrogen and oxygen atoms in total. The molecule has 2 saturated heterocycles. The van der Waals surface area contributed by atoms with Gasteiger partial charge in [0.25, 0.3) is 0 Å². The van der Waals surface area contributed by atoms with Gasteiger partial charge in [-0.1, -0.05) is 13.2 Å². The lowest BCUT2D eigenvalue weighted by Crippen LogP contribution is -2.36. The predicted octanol–water partition coefficient (Wildman–Crippen LogP) is 5.16. The monoisotopic (exact) mass is 910 g/mol. The molecule has 0 aromatic heterocycles. The molecule has 0 N–H and O–H groups in total. The molecule has 0 saturated carbocycles. The van der Waals surface area contributed by atoms with Crippen LogP contribution in [-0.4, -0.2) is 112 Å². The van der Waals surface area contributed by atoms with E-state index in [0.717, 1.165) is 12.2 Å². The molecule has 0 aliphatic carbocycles. The zero-order chi connectivity index (χ0) is 47.0. The maximum atomic E-state index is 13.0. The van der Waals surface area contributed by atoms with Crippen LogP contribution in [0.2, 0.25) is 0 Å². The summed E-state index contributed by atoms with van der Waals surface area (Å²) in [4.78, 5) is 97.1. The average Bonchev–Trinajstić information content (AvgIpc) is 3.92. The number of hydrogen-bond donors (Lipinski definition) is 0. The first-order valence-corrected chi connectivity index (χ1v) is 19.7. The second-order valence-corrected chi connectivity index (χ2v) is 13.5. The van der Waals surface area contributed by atoms with Crippen molar-refractivity contribution in [1.29, 1.82) is 0 Å². The number of hydrogen-bond acceptors (Lipinski definition) is 20. The molecule has 0 radical (unpaired) electrons. The Balaban J connectivity index is 0.900. The van der Waals surface area contributed by atoms with Crippen molar-refractivity contribution in [3.8, 4) is 23.0 Å². The summed E-state index contributed by atoms with van der Waals surface area (Å²) in [5, 5.41) is 0. The Kier molecular flexibility index (Phi) is 16.3. The number of fused-ring (bicyclic) bond motifs is 1. The van der Waals surface area contributed by atoms with Gasteiger partial charge in [0.15, 0.2) is 12.2 Å². The lowest BCUT2D eigenvalue weighted by atomic mass is 10.1. The summed E-state index contributed by atoms with van der Waals surface area (Å²) in [7, 11) is 0. The molecule has 2 unspecified atom stereocenters. The predicted molar refractivity (Wildman–Crippen MR) is 220 cm³/mol. The maximum Gasteiger partial charge on any atom is 0.513 e. The van der Waals surface area contributed by atoms with E-state index in [1.165, 1.54) is 97.1 Å². The number of carbonyl (C=O) groups is 8. The summed E-state index contributed by atoms with van der Waals surface area (Å²) < 4.78 is 62.7. The van der Waals surface area contributed by atoms with E-state index in [4.69, 9.17) is 47.4 Å². The second-order valence-electron chi connectivity index (χ2n) is 13.5. The molecule has 4 atom stereocenters. The summed E-state index contributed by atoms with van der Waals surface area (Å²) >= 11 is 0. The fourth-order valence-corrected chi connectivity index (χ4v) is 5.91. The van der Waals surface area contributed by atoms with Crippen molar-refractivity contribution in [3.63, 3.8) is 0 Å². The molecular weight excluding hydrogens is 872 g/mol. The van der Waals surface area contributed by atoms with Crippen molar-refractivity contribution < 1.29 is 95.2 Å². The van der Waals surface area contributed by atoms with Crippen molar-refractivity contribution in [2.24, 2.45) is 0 Å². The van der Waals surface area contributed by atoms with Crippen molar-refractivity contribution in [2.75, 3.05) is 39.6 Å². The number of ether oxygens (including phenoxy) is 12. The standard InChI is InChI=1S/C46H38O20/c1-3-37(47)55-21-23-57-45(53)63-33-17-9-27(10-18-33)41(49)61-31-13-5-29(6-14-31)43(51)65-35-25-59-40-36(26-60-39(35)40)66-44(52)30-7-15-32(16-8-30)62-42(50)28-11-19-34(20-12-28)64-46(54)58-24-22-56-38(48)4-2/h3-20,35-36,39-40H,1-2,21-26H2/t35?,36?,39-,40-/m0/s1. The van der Waals surface area contributed by atoms with Gasteiger partial charge >= 0.3 is 48.1 Å². The van der Waals surface area contributed by atoms with E-state index in [-0.39, 0.29) is 84.9 Å². The van der Waals surface area contributed by atoms with Gasteiger partial charge < -0.3 is 56.8 Å². The number of benzene rings is 4. The SMILES string of the molecule is C=CC(=O)OCCOC(=O)Oc1ccc(C(=O)Oc2ccc(C(=O)OC3CO[C@H]4C(OC(=O)c5ccc(OC(=O)c6ccc(OC(=O)OCCOC(=O)C=C)cc6)cc5)CO[C@@H]34)cc2)cc1. The van der Waals surface area contributed by atoms with Crippen molar-refractivity contribution in [1.82, 2.24) is 0 Å². The smallest absolute Gasteiger partial charge is 0.459 e. The molecule has 6 rings (SSSR count). The van der Waals surface area contributed by atoms with Gasteiger partial charge in [0.05, 0.1) is 35.5 Å². The quantitative estimate of drug-likeness (QED) is 0.0312. The van der Waals surface area contributed by atoms with Crippen molar-refractivity contribution >= 4 is 48.1 Å². The van der Waals surface area contributed by atoms with E-state index < -0.39 is 72.5 Å². The molecule has 0 bridgehead atoms. The van der Waals surface area contributed by atoms with Crippen LogP contribution in [0.3, 0.4) is 0 Å². The summed E-state index contributed by atoms with van der Waals surface area (Å²) in [6, 6.07) is 22.0. The fraction of sp³-hybridized carbons (Fsp3) is 0.217. The first-order chi connectivity index (χ1) is 31.9. The van der Waals surface area contributed by atoms with Gasteiger partial charge in [-0.2, -0.15) is 0 Å². The number of carbonyl (C=O) groups excluding carboxylic acids is 8. The molecule has 342 valence electrons. The molecule has 4 aromatic carbocycles. The van der Waals surface area contributed by atoms with E-state index in [2.05, 4.69) is 22.6 Å². The first-order valence-electron chi connectivity index (χ1n) is 19.7. The van der Waals surface area contributed by atoms with E-state index >= 15 is 0 Å². The number of esters is 6. The average molecular weight is 911 g/mol. The van der Waals surface area contributed by atoms with Crippen LogP contribution in [-0.2, 0) is 47.5 Å². The van der Waals surface area contributed by atoms with Gasteiger partial charge in [-0.25, -0.2) is 38.4 Å². The highest BCUT2D eigenvalue weighted by molar-refractivity contribution is 5.93. The normalized spacial score (nSPS) is 16.8. The molecule has 4 aromatic rings. The van der Waals surface area contributed by atoms with Gasteiger partial charge in [0, 0.05) is 12.2 Å². The third-order valence-corrected chi connectivity index (χ3v) is 9.09. The lowest BCUT2D eigenvalue weighted by molar-refractivity contribution is -0.139. The van der Waals surface area contributed by atoms with Crippen LogP contribution in [0, 0.1) is 0 Å². The van der Waals surface area contributed by atoms with Crippen LogP contribution < -0.4 is 18.9 Å². The zero-order valence-electron chi connectivity index (χ0n) is 34.5. The molecule has 2 aliphatic rings. The van der Waals surface area contributed by atoms with Crippen LogP contribution >= 0.6 is 0 Å². The summed E-state index contributed by atoms with van der Waals surface area (Å²) in [6.07, 6.45) is -3.24. The van der Waals surface area contributed by atoms with Crippen LogP contribution in [0.4, 0.5) is 9.59 Å². The highest BCUT2D eigenvalue weighted by atomic mass is 16.7. The molecular formula is C46H38O20. The second kappa shape index (κ2) is 22.8. The Hall–Kier alpha value is -8.36. The molecule has 2 aliphatic heterocycles. The zero-order valence-corrected chi connectivity index (χ0v) is 34.5. The minimum absolute atomic E-state index is 0.0258. The van der Waals surface area contributed by atoms with E-state index in [0.29, 0.717) is 0 Å². The molecule has 0 amide bonds. The van der Waals surface area contributed by atoms with E-state index in [1.807, 2.05) is 0 Å². The minimum atomic E-state index is -1.05. The first kappa shape index (κ1) is 47.1. The lowest BCUT2D eigenvalue weighted by Gasteiger charge is -2.17. The van der Waals surface area contributed by atoms with Crippen LogP contribution in [0.5, 0.6) is 23.0 Å². The van der Waals surface area contributed by atoms with Gasteiger partial charge in [0.1, 0.15) is 61.6 Å². The van der Waals surface area contributed by atoms with Crippen molar-refractivity contribution in [2.45, 2.75) is 24.4 Å². The third-order valence-electron chi connectivity index (χ3n) is 9.09. The molecule has 20 heteroatoms. The van der Waals surface area contributed by atoms with Gasteiger partial charge in [-0.05, 0) is 97.1 Å². The molecule has 2 heterocycles. The summed E-state index contributed by atoms with van der Waals surface area (Å²) in [5.41, 5.74) is 0.551. The van der Waals surface area contributed by atoms with Crippen LogP contribution in [0.1, 0.15) is 41.4 Å². The minimum Gasteiger partial charge on any atom is -0.459 e. The molecule has 0 spiro atoms. The Morgan fingerprint density at radius 1 is 0.424 bits per heavy atom. The molecule has 2 fully saturated rings. The highest BCUT2D eigenvalue weighted by Gasteiger charge is 2.51. The Morgan fingerprint density at radius 2 is 0.712 bits per heavy atom. The van der Waals surface area contributed by atoms with Gasteiger partial charge in [0.2, 0.25) is 0 Å². The maximum absolute atomic E-state index is 13.0. The van der Waals surface area contributed by atoms with Crippen LogP contribution in [0.15, 0.2) is 122 Å². The highest BCUT2D eigenvalue weighted by Crippen LogP contribution is 2.32. The molecule has 66 heavy (non-hydrogen) atoms. The van der Waals surface area contributed by atoms with E-state index in [1.54, 1.807) is 0 Å². The fourth-order valence-electron chi connectivity index (χ4n) is 5.91. The Labute approximate surface area is 374 Å². The van der Waals surface area contributed by atoms with Gasteiger partial charge in [-0.3, -0.25) is 0 Å².